The van der Waals surface area contributed by atoms with E-state index >= 15 is 0 Å². The first-order valence-corrected chi connectivity index (χ1v) is 6.20. The summed E-state index contributed by atoms with van der Waals surface area (Å²) in [5.41, 5.74) is 1.50. The monoisotopic (exact) mass is 196 g/mol. The van der Waals surface area contributed by atoms with Gasteiger partial charge in [0.15, 0.2) is 0 Å². The lowest BCUT2D eigenvalue weighted by atomic mass is 9.93. The number of hydrogen-bond acceptors (Lipinski definition) is 1. The Balaban J connectivity index is 2.05. The summed E-state index contributed by atoms with van der Waals surface area (Å²) >= 11 is 0. The van der Waals surface area contributed by atoms with Gasteiger partial charge in [0.05, 0.1) is 6.10 Å². The number of hydrogen-bond donors (Lipinski definition) is 1. The van der Waals surface area contributed by atoms with Crippen LogP contribution in [0, 0.1) is 0 Å². The molecule has 1 unspecified atom stereocenters. The minimum absolute atomic E-state index is 0.144. The van der Waals surface area contributed by atoms with E-state index in [0.717, 1.165) is 6.42 Å². The highest BCUT2D eigenvalue weighted by atomic mass is 16.3. The van der Waals surface area contributed by atoms with Crippen molar-refractivity contribution in [2.75, 3.05) is 0 Å². The zero-order valence-electron chi connectivity index (χ0n) is 9.47. The number of allylic oxidation sites excluding steroid dienone is 1. The highest BCUT2D eigenvalue weighted by Crippen LogP contribution is 2.22. The van der Waals surface area contributed by atoms with Crippen molar-refractivity contribution >= 4 is 0 Å². The van der Waals surface area contributed by atoms with Gasteiger partial charge in [0.2, 0.25) is 0 Å². The van der Waals surface area contributed by atoms with Crippen molar-refractivity contribution in [2.45, 2.75) is 70.8 Å². The molecule has 0 aliphatic heterocycles. The van der Waals surface area contributed by atoms with Crippen LogP contribution >= 0.6 is 0 Å². The van der Waals surface area contributed by atoms with Gasteiger partial charge >= 0.3 is 0 Å². The summed E-state index contributed by atoms with van der Waals surface area (Å²) in [5, 5.41) is 9.44. The van der Waals surface area contributed by atoms with Crippen molar-refractivity contribution in [3.63, 3.8) is 0 Å². The third kappa shape index (κ3) is 4.80. The highest BCUT2D eigenvalue weighted by molar-refractivity contribution is 5.08. The first-order chi connectivity index (χ1) is 6.83. The Labute approximate surface area is 88.2 Å². The van der Waals surface area contributed by atoms with Crippen LogP contribution in [0.5, 0.6) is 0 Å². The topological polar surface area (TPSA) is 20.2 Å². The van der Waals surface area contributed by atoms with E-state index in [1.165, 1.54) is 56.9 Å². The lowest BCUT2D eigenvalue weighted by Gasteiger charge is -2.16. The first kappa shape index (κ1) is 11.8. The molecule has 1 aliphatic carbocycles. The van der Waals surface area contributed by atoms with E-state index in [9.17, 15) is 5.11 Å². The molecular formula is C13H24O. The Morgan fingerprint density at radius 1 is 1.29 bits per heavy atom. The molecule has 1 atom stereocenters. The number of unbranched alkanes of at least 4 members (excludes halogenated alkanes) is 4. The van der Waals surface area contributed by atoms with Crippen LogP contribution in [0.15, 0.2) is 11.6 Å². The number of aliphatic hydroxyl groups is 1. The van der Waals surface area contributed by atoms with E-state index in [-0.39, 0.29) is 6.10 Å². The van der Waals surface area contributed by atoms with Crippen LogP contribution in [-0.2, 0) is 0 Å². The van der Waals surface area contributed by atoms with E-state index in [2.05, 4.69) is 13.0 Å². The van der Waals surface area contributed by atoms with Crippen LogP contribution in [0.4, 0.5) is 0 Å². The molecule has 1 nitrogen and oxygen atoms in total. The number of rotatable bonds is 6. The smallest absolute Gasteiger partial charge is 0.0723 e. The largest absolute Gasteiger partial charge is 0.389 e. The van der Waals surface area contributed by atoms with Gasteiger partial charge in [-0.2, -0.15) is 0 Å². The summed E-state index contributed by atoms with van der Waals surface area (Å²) in [7, 11) is 0. The van der Waals surface area contributed by atoms with Crippen LogP contribution < -0.4 is 0 Å². The van der Waals surface area contributed by atoms with Crippen molar-refractivity contribution < 1.29 is 5.11 Å². The van der Waals surface area contributed by atoms with E-state index in [4.69, 9.17) is 0 Å². The molecule has 0 spiro atoms. The Hall–Kier alpha value is -0.300. The molecule has 0 aromatic carbocycles. The van der Waals surface area contributed by atoms with Gasteiger partial charge in [0, 0.05) is 0 Å². The van der Waals surface area contributed by atoms with Gasteiger partial charge in [-0.15, -0.1) is 0 Å². The molecule has 1 N–H and O–H groups in total. The summed E-state index contributed by atoms with van der Waals surface area (Å²) in [6, 6.07) is 0. The molecule has 1 rings (SSSR count). The second-order valence-electron chi connectivity index (χ2n) is 4.45. The average Bonchev–Trinajstić information content (AvgIpc) is 2.18. The molecule has 0 saturated heterocycles. The quantitative estimate of drug-likeness (QED) is 0.506. The van der Waals surface area contributed by atoms with Crippen LogP contribution in [0.3, 0.4) is 0 Å². The maximum Gasteiger partial charge on any atom is 0.0723 e. The average molecular weight is 196 g/mol. The normalized spacial score (nSPS) is 22.1. The molecule has 1 aliphatic rings. The second kappa shape index (κ2) is 7.05. The molecule has 14 heavy (non-hydrogen) atoms. The maximum absolute atomic E-state index is 9.44. The van der Waals surface area contributed by atoms with Gasteiger partial charge in [-0.1, -0.05) is 44.3 Å². The van der Waals surface area contributed by atoms with Gasteiger partial charge < -0.3 is 5.11 Å². The first-order valence-electron chi connectivity index (χ1n) is 6.20. The molecule has 0 aromatic heterocycles. The Kier molecular flexibility index (Phi) is 5.93. The zero-order valence-corrected chi connectivity index (χ0v) is 9.47. The summed E-state index contributed by atoms with van der Waals surface area (Å²) in [5.74, 6) is 0. The van der Waals surface area contributed by atoms with Crippen LogP contribution in [0.1, 0.15) is 64.7 Å². The minimum atomic E-state index is -0.144. The molecule has 82 valence electrons. The van der Waals surface area contributed by atoms with Gasteiger partial charge in [-0.05, 0) is 32.1 Å². The molecular weight excluding hydrogens is 172 g/mol. The fraction of sp³-hybridized carbons (Fsp3) is 0.846. The fourth-order valence-electron chi connectivity index (χ4n) is 2.14. The third-order valence-electron chi connectivity index (χ3n) is 3.03. The van der Waals surface area contributed by atoms with Crippen LogP contribution in [0.25, 0.3) is 0 Å². The molecule has 1 heteroatoms. The zero-order chi connectivity index (χ0) is 10.2. The molecule has 0 aromatic rings. The minimum Gasteiger partial charge on any atom is -0.389 e. The number of aliphatic hydroxyl groups excluding tert-OH is 1. The van der Waals surface area contributed by atoms with Gasteiger partial charge in [-0.3, -0.25) is 0 Å². The van der Waals surface area contributed by atoms with Gasteiger partial charge in [0.1, 0.15) is 0 Å². The van der Waals surface area contributed by atoms with Crippen molar-refractivity contribution in [1.82, 2.24) is 0 Å². The summed E-state index contributed by atoms with van der Waals surface area (Å²) in [6.45, 7) is 2.25. The molecule has 0 heterocycles. The molecule has 0 fully saturated rings. The predicted octanol–water partition coefficient (Wildman–Crippen LogP) is 3.82. The van der Waals surface area contributed by atoms with Gasteiger partial charge in [-0.25, -0.2) is 0 Å². The van der Waals surface area contributed by atoms with Crippen molar-refractivity contribution in [1.29, 1.82) is 0 Å². The SMILES string of the molecule is CCCCCCCC1=CC(O)CCC1. The molecule has 0 bridgehead atoms. The van der Waals surface area contributed by atoms with E-state index in [1.54, 1.807) is 0 Å². The van der Waals surface area contributed by atoms with Gasteiger partial charge in [0.25, 0.3) is 0 Å². The summed E-state index contributed by atoms with van der Waals surface area (Å²) in [4.78, 5) is 0. The standard InChI is InChI=1S/C13H24O/c1-2-3-4-5-6-8-12-9-7-10-13(14)11-12/h11,13-14H,2-10H2,1H3. The van der Waals surface area contributed by atoms with E-state index in [1.807, 2.05) is 0 Å². The fourth-order valence-corrected chi connectivity index (χ4v) is 2.14. The highest BCUT2D eigenvalue weighted by Gasteiger charge is 2.09. The maximum atomic E-state index is 9.44. The van der Waals surface area contributed by atoms with E-state index in [0.29, 0.717) is 0 Å². The second-order valence-corrected chi connectivity index (χ2v) is 4.45. The Bertz CT molecular complexity index is 172. The Morgan fingerprint density at radius 3 is 2.79 bits per heavy atom. The van der Waals surface area contributed by atoms with Crippen molar-refractivity contribution in [3.8, 4) is 0 Å². The van der Waals surface area contributed by atoms with Crippen molar-refractivity contribution in [3.05, 3.63) is 11.6 Å². The Morgan fingerprint density at radius 2 is 2.07 bits per heavy atom. The summed E-state index contributed by atoms with van der Waals surface area (Å²) < 4.78 is 0. The van der Waals surface area contributed by atoms with Crippen LogP contribution in [0.2, 0.25) is 0 Å². The lowest BCUT2D eigenvalue weighted by Crippen LogP contribution is -2.08. The summed E-state index contributed by atoms with van der Waals surface area (Å²) in [6.07, 6.45) is 13.3. The van der Waals surface area contributed by atoms with E-state index < -0.39 is 0 Å². The molecule has 0 radical (unpaired) electrons. The molecule has 0 amide bonds. The molecule has 0 saturated carbocycles. The third-order valence-corrected chi connectivity index (χ3v) is 3.03. The predicted molar refractivity (Wildman–Crippen MR) is 61.3 cm³/mol. The van der Waals surface area contributed by atoms with Crippen LogP contribution in [-0.4, -0.2) is 11.2 Å². The lowest BCUT2D eigenvalue weighted by molar-refractivity contribution is 0.201. The van der Waals surface area contributed by atoms with Crippen molar-refractivity contribution in [2.24, 2.45) is 0 Å².